The predicted octanol–water partition coefficient (Wildman–Crippen LogP) is 3.20. The molecule has 3 fully saturated rings. The summed E-state index contributed by atoms with van der Waals surface area (Å²) >= 11 is 6.23. The van der Waals surface area contributed by atoms with Crippen molar-refractivity contribution in [2.24, 2.45) is 0 Å². The first-order valence-corrected chi connectivity index (χ1v) is 11.9. The molecule has 1 unspecified atom stereocenters. The molecule has 2 saturated heterocycles. The Balaban J connectivity index is 1.41. The number of halogens is 2. The van der Waals surface area contributed by atoms with E-state index in [0.29, 0.717) is 36.2 Å². The Morgan fingerprint density at radius 1 is 1.22 bits per heavy atom. The first-order valence-electron chi connectivity index (χ1n) is 11.5. The Labute approximate surface area is 191 Å². The van der Waals surface area contributed by atoms with Crippen LogP contribution in [-0.2, 0) is 14.2 Å². The summed E-state index contributed by atoms with van der Waals surface area (Å²) in [5, 5.41) is 6.59. The van der Waals surface area contributed by atoms with Crippen molar-refractivity contribution in [2.75, 3.05) is 25.5 Å². The number of nitrogens with one attached hydrogen (secondary N) is 2. The lowest BCUT2D eigenvalue weighted by molar-refractivity contribution is -0.203. The number of likely N-dealkylation sites (N-methyl/N-ethyl adjacent to an activating group) is 1. The van der Waals surface area contributed by atoms with Gasteiger partial charge in [0, 0.05) is 19.2 Å². The van der Waals surface area contributed by atoms with Crippen molar-refractivity contribution in [3.05, 3.63) is 11.6 Å². The molecule has 2 N–H and O–H groups in total. The highest BCUT2D eigenvalue weighted by atomic mass is 35.5. The molecule has 0 bridgehead atoms. The maximum Gasteiger partial charge on any atom is 0.226 e. The molecule has 2 aromatic rings. The van der Waals surface area contributed by atoms with Crippen molar-refractivity contribution in [1.82, 2.24) is 24.8 Å². The number of fused-ring (bicyclic) bond motifs is 1. The number of rotatable bonds is 7. The fourth-order valence-corrected chi connectivity index (χ4v) is 5.04. The van der Waals surface area contributed by atoms with Crippen LogP contribution in [0, 0.1) is 0 Å². The van der Waals surface area contributed by atoms with E-state index in [0.717, 1.165) is 32.1 Å². The molecular weight excluding hydrogens is 439 g/mol. The van der Waals surface area contributed by atoms with Gasteiger partial charge in [0.1, 0.15) is 12.2 Å². The van der Waals surface area contributed by atoms with Gasteiger partial charge in [-0.2, -0.15) is 9.97 Å². The SMILES string of the molecule is CNC[C@H]1O[C@@H](n2cnc3c(NC4CCCC4)nc(Cl)nc32)[C@@H](F)[C@@H]1OC1CCCCO1. The van der Waals surface area contributed by atoms with Crippen molar-refractivity contribution in [3.63, 3.8) is 0 Å². The minimum absolute atomic E-state index is 0.0864. The average molecular weight is 469 g/mol. The molecule has 3 aliphatic rings. The first-order chi connectivity index (χ1) is 15.6. The third kappa shape index (κ3) is 4.43. The van der Waals surface area contributed by atoms with Crippen LogP contribution in [0.1, 0.15) is 51.2 Å². The van der Waals surface area contributed by atoms with Gasteiger partial charge in [-0.05, 0) is 50.8 Å². The molecule has 0 amide bonds. The molecule has 2 aromatic heterocycles. The largest absolute Gasteiger partial charge is 0.365 e. The highest BCUT2D eigenvalue weighted by Gasteiger charge is 2.48. The highest BCUT2D eigenvalue weighted by Crippen LogP contribution is 2.37. The summed E-state index contributed by atoms with van der Waals surface area (Å²) < 4.78 is 35.2. The fourth-order valence-electron chi connectivity index (χ4n) is 4.88. The first kappa shape index (κ1) is 22.2. The van der Waals surface area contributed by atoms with Crippen molar-refractivity contribution >= 4 is 28.6 Å². The van der Waals surface area contributed by atoms with E-state index in [9.17, 15) is 0 Å². The zero-order valence-corrected chi connectivity index (χ0v) is 18.9. The number of alkyl halides is 1. The second-order valence-electron chi connectivity index (χ2n) is 8.76. The van der Waals surface area contributed by atoms with Crippen molar-refractivity contribution < 1.29 is 18.6 Å². The second-order valence-corrected chi connectivity index (χ2v) is 9.09. The standard InChI is InChI=1S/C21H30ClFN6O3/c1-24-10-13-17(32-14-8-4-5-9-30-14)15(23)20(31-13)29-11-25-16-18(26-12-6-2-3-7-12)27-21(22)28-19(16)29/h11-15,17,20,24H,2-10H2,1H3,(H,26,27,28)/t13-,14?,15+,17-,20-/m1/s1. The molecule has 1 aliphatic carbocycles. The number of nitrogens with zero attached hydrogens (tertiary/aromatic N) is 4. The summed E-state index contributed by atoms with van der Waals surface area (Å²) in [4.78, 5) is 13.2. The second kappa shape index (κ2) is 9.72. The molecule has 0 aromatic carbocycles. The molecular formula is C21H30ClFN6O3. The minimum atomic E-state index is -1.42. The molecule has 9 nitrogen and oxygen atoms in total. The van der Waals surface area contributed by atoms with Crippen molar-refractivity contribution in [1.29, 1.82) is 0 Å². The number of imidazole rings is 1. The summed E-state index contributed by atoms with van der Waals surface area (Å²) in [5.41, 5.74) is 0.998. The molecule has 0 spiro atoms. The van der Waals surface area contributed by atoms with E-state index in [1.165, 1.54) is 12.8 Å². The molecule has 176 valence electrons. The Morgan fingerprint density at radius 2 is 2.03 bits per heavy atom. The monoisotopic (exact) mass is 468 g/mol. The molecule has 4 heterocycles. The summed E-state index contributed by atoms with van der Waals surface area (Å²) in [6.07, 6.45) is 4.84. The number of aromatic nitrogens is 4. The molecule has 32 heavy (non-hydrogen) atoms. The Bertz CT molecular complexity index is 920. The zero-order valence-electron chi connectivity index (χ0n) is 18.2. The summed E-state index contributed by atoms with van der Waals surface area (Å²) in [5.74, 6) is 0.578. The van der Waals surface area contributed by atoms with Gasteiger partial charge in [-0.1, -0.05) is 12.8 Å². The smallest absolute Gasteiger partial charge is 0.226 e. The van der Waals surface area contributed by atoms with Crippen molar-refractivity contribution in [3.8, 4) is 0 Å². The van der Waals surface area contributed by atoms with Crippen LogP contribution < -0.4 is 10.6 Å². The highest BCUT2D eigenvalue weighted by molar-refractivity contribution is 6.28. The van der Waals surface area contributed by atoms with Gasteiger partial charge in [0.2, 0.25) is 5.28 Å². The van der Waals surface area contributed by atoms with Gasteiger partial charge in [-0.3, -0.25) is 4.57 Å². The summed E-state index contributed by atoms with van der Waals surface area (Å²) in [6.45, 7) is 1.08. The minimum Gasteiger partial charge on any atom is -0.365 e. The van der Waals surface area contributed by atoms with Gasteiger partial charge in [0.15, 0.2) is 35.7 Å². The number of ether oxygens (including phenoxy) is 3. The summed E-state index contributed by atoms with van der Waals surface area (Å²) in [7, 11) is 1.80. The van der Waals surface area contributed by atoms with Crippen LogP contribution >= 0.6 is 11.6 Å². The lowest BCUT2D eigenvalue weighted by atomic mass is 10.1. The number of hydrogen-bond acceptors (Lipinski definition) is 8. The van der Waals surface area contributed by atoms with E-state index in [1.807, 2.05) is 0 Å². The van der Waals surface area contributed by atoms with E-state index in [-0.39, 0.29) is 5.28 Å². The maximum atomic E-state index is 15.7. The Morgan fingerprint density at radius 3 is 2.78 bits per heavy atom. The zero-order chi connectivity index (χ0) is 22.1. The third-order valence-electron chi connectivity index (χ3n) is 6.48. The van der Waals surface area contributed by atoms with Gasteiger partial charge in [0.05, 0.1) is 6.33 Å². The van der Waals surface area contributed by atoms with E-state index in [4.69, 9.17) is 25.8 Å². The molecule has 5 rings (SSSR count). The van der Waals surface area contributed by atoms with Gasteiger partial charge in [0.25, 0.3) is 0 Å². The van der Waals surface area contributed by atoms with E-state index in [1.54, 1.807) is 17.9 Å². The Kier molecular flexibility index (Phi) is 6.75. The molecule has 0 radical (unpaired) electrons. The van der Waals surface area contributed by atoms with Crippen LogP contribution in [0.3, 0.4) is 0 Å². The van der Waals surface area contributed by atoms with Gasteiger partial charge in [-0.25, -0.2) is 9.37 Å². The molecule has 1 saturated carbocycles. The van der Waals surface area contributed by atoms with Gasteiger partial charge >= 0.3 is 0 Å². The number of hydrogen-bond donors (Lipinski definition) is 2. The van der Waals surface area contributed by atoms with Crippen molar-refractivity contribution in [2.45, 2.75) is 81.9 Å². The lowest BCUT2D eigenvalue weighted by Crippen LogP contribution is -2.41. The van der Waals surface area contributed by atoms with Crippen LogP contribution in [-0.4, -0.2) is 70.4 Å². The van der Waals surface area contributed by atoms with E-state index < -0.39 is 30.9 Å². The number of anilines is 1. The van der Waals surface area contributed by atoms with Crippen LogP contribution in [0.25, 0.3) is 11.2 Å². The molecule has 5 atom stereocenters. The fraction of sp³-hybridized carbons (Fsp3) is 0.762. The van der Waals surface area contributed by atoms with Crippen LogP contribution in [0.15, 0.2) is 6.33 Å². The Hall–Kier alpha value is -1.59. The maximum absolute atomic E-state index is 15.7. The summed E-state index contributed by atoms with van der Waals surface area (Å²) in [6, 6.07) is 0.333. The van der Waals surface area contributed by atoms with Crippen LogP contribution in [0.5, 0.6) is 0 Å². The lowest BCUT2D eigenvalue weighted by Gasteiger charge is -2.28. The van der Waals surface area contributed by atoms with Crippen LogP contribution in [0.4, 0.5) is 10.2 Å². The molecule has 2 aliphatic heterocycles. The van der Waals surface area contributed by atoms with Gasteiger partial charge in [-0.15, -0.1) is 0 Å². The van der Waals surface area contributed by atoms with Gasteiger partial charge < -0.3 is 24.8 Å². The quantitative estimate of drug-likeness (QED) is 0.598. The average Bonchev–Trinajstić information content (AvgIpc) is 3.51. The third-order valence-corrected chi connectivity index (χ3v) is 6.65. The van der Waals surface area contributed by atoms with E-state index in [2.05, 4.69) is 25.6 Å². The van der Waals surface area contributed by atoms with Crippen LogP contribution in [0.2, 0.25) is 5.28 Å². The van der Waals surface area contributed by atoms with E-state index >= 15 is 4.39 Å². The topological polar surface area (TPSA) is 95.4 Å². The predicted molar refractivity (Wildman–Crippen MR) is 117 cm³/mol. The molecule has 11 heteroatoms. The normalized spacial score (nSPS) is 31.5.